The van der Waals surface area contributed by atoms with Gasteiger partial charge >= 0.3 is 5.97 Å². The Balaban J connectivity index is 1.61. The van der Waals surface area contributed by atoms with Crippen LogP contribution in [0.25, 0.3) is 0 Å². The lowest BCUT2D eigenvalue weighted by Gasteiger charge is -2.54. The van der Waals surface area contributed by atoms with Gasteiger partial charge in [-0.1, -0.05) is 0 Å². The standard InChI is InChI=1S/C14H20O3/c15-13(14(16)17)2-1-12-10-4-8-3-9(6-10)7-11(12)5-8/h8-12H,1-7H2,(H,16,17). The fraction of sp³-hybridized carbons (Fsp3) is 0.857. The molecule has 0 aromatic rings. The lowest BCUT2D eigenvalue weighted by molar-refractivity contribution is -0.149. The van der Waals surface area contributed by atoms with Gasteiger partial charge in [-0.25, -0.2) is 4.79 Å². The first-order valence-corrected chi connectivity index (χ1v) is 6.89. The largest absolute Gasteiger partial charge is 0.476 e. The molecule has 3 heteroatoms. The molecular formula is C14H20O3. The van der Waals surface area contributed by atoms with Crippen LogP contribution in [0.4, 0.5) is 0 Å². The summed E-state index contributed by atoms with van der Waals surface area (Å²) in [4.78, 5) is 21.7. The minimum atomic E-state index is -1.26. The van der Waals surface area contributed by atoms with Crippen LogP contribution in [0.2, 0.25) is 0 Å². The van der Waals surface area contributed by atoms with E-state index in [-0.39, 0.29) is 6.42 Å². The molecular weight excluding hydrogens is 216 g/mol. The molecule has 1 N–H and O–H groups in total. The minimum absolute atomic E-state index is 0.252. The third-order valence-electron chi connectivity index (χ3n) is 5.37. The first-order chi connectivity index (χ1) is 8.13. The SMILES string of the molecule is O=C(O)C(=O)CCC1C2CC3CC(C2)CC1C3. The normalized spacial score (nSPS) is 42.7. The summed E-state index contributed by atoms with van der Waals surface area (Å²) in [7, 11) is 0. The summed E-state index contributed by atoms with van der Waals surface area (Å²) in [6, 6.07) is 0. The molecule has 3 nitrogen and oxygen atoms in total. The molecule has 0 aromatic heterocycles. The Morgan fingerprint density at radius 2 is 1.47 bits per heavy atom. The number of hydrogen-bond donors (Lipinski definition) is 1. The van der Waals surface area contributed by atoms with Crippen molar-refractivity contribution in [2.45, 2.75) is 44.9 Å². The van der Waals surface area contributed by atoms with Crippen molar-refractivity contribution in [1.82, 2.24) is 0 Å². The zero-order valence-corrected chi connectivity index (χ0v) is 10.1. The van der Waals surface area contributed by atoms with Crippen molar-refractivity contribution < 1.29 is 14.7 Å². The molecule has 0 aliphatic heterocycles. The Morgan fingerprint density at radius 1 is 0.941 bits per heavy atom. The van der Waals surface area contributed by atoms with Gasteiger partial charge in [-0.15, -0.1) is 0 Å². The summed E-state index contributed by atoms with van der Waals surface area (Å²) in [6.45, 7) is 0. The van der Waals surface area contributed by atoms with Crippen LogP contribution in [0.3, 0.4) is 0 Å². The van der Waals surface area contributed by atoms with Gasteiger partial charge < -0.3 is 5.11 Å². The molecule has 0 amide bonds. The maximum atomic E-state index is 11.2. The molecule has 0 aromatic carbocycles. The van der Waals surface area contributed by atoms with E-state index >= 15 is 0 Å². The minimum Gasteiger partial charge on any atom is -0.476 e. The van der Waals surface area contributed by atoms with Gasteiger partial charge in [0, 0.05) is 6.42 Å². The van der Waals surface area contributed by atoms with Crippen molar-refractivity contribution in [3.05, 3.63) is 0 Å². The number of carbonyl (C=O) groups is 2. The predicted molar refractivity (Wildman–Crippen MR) is 62.4 cm³/mol. The van der Waals surface area contributed by atoms with Gasteiger partial charge in [-0.05, 0) is 68.1 Å². The van der Waals surface area contributed by atoms with Crippen LogP contribution in [0, 0.1) is 29.6 Å². The topological polar surface area (TPSA) is 54.4 Å². The highest BCUT2D eigenvalue weighted by Crippen LogP contribution is 2.57. The number of Topliss-reactive ketones (excluding diaryl/α,β-unsaturated/α-hetero) is 1. The molecule has 4 rings (SSSR count). The molecule has 0 unspecified atom stereocenters. The van der Waals surface area contributed by atoms with E-state index in [1.807, 2.05) is 0 Å². The molecule has 4 bridgehead atoms. The van der Waals surface area contributed by atoms with Crippen molar-refractivity contribution in [1.29, 1.82) is 0 Å². The number of aliphatic carboxylic acids is 1. The molecule has 4 saturated carbocycles. The number of carbonyl (C=O) groups excluding carboxylic acids is 1. The van der Waals surface area contributed by atoms with Crippen LogP contribution in [0.5, 0.6) is 0 Å². The first kappa shape index (κ1) is 11.2. The number of hydrogen-bond acceptors (Lipinski definition) is 2. The second kappa shape index (κ2) is 4.11. The summed E-state index contributed by atoms with van der Waals surface area (Å²) in [6.07, 6.45) is 7.89. The van der Waals surface area contributed by atoms with E-state index in [0.717, 1.165) is 30.1 Å². The average Bonchev–Trinajstić information content (AvgIpc) is 2.26. The van der Waals surface area contributed by atoms with Crippen LogP contribution >= 0.6 is 0 Å². The van der Waals surface area contributed by atoms with E-state index in [1.54, 1.807) is 0 Å². The molecule has 0 heterocycles. The number of ketones is 1. The Hall–Kier alpha value is -0.860. The van der Waals surface area contributed by atoms with Gasteiger partial charge in [0.05, 0.1) is 0 Å². The molecule has 0 saturated heterocycles. The van der Waals surface area contributed by atoms with Crippen LogP contribution in [-0.2, 0) is 9.59 Å². The highest BCUT2D eigenvalue weighted by atomic mass is 16.4. The first-order valence-electron chi connectivity index (χ1n) is 6.89. The maximum Gasteiger partial charge on any atom is 0.372 e. The van der Waals surface area contributed by atoms with Crippen molar-refractivity contribution in [2.24, 2.45) is 29.6 Å². The number of carboxylic acids is 1. The van der Waals surface area contributed by atoms with Crippen LogP contribution in [-0.4, -0.2) is 16.9 Å². The van der Waals surface area contributed by atoms with Crippen molar-refractivity contribution >= 4 is 11.8 Å². The summed E-state index contributed by atoms with van der Waals surface area (Å²) in [5.74, 6) is 2.28. The third kappa shape index (κ3) is 2.00. The lowest BCUT2D eigenvalue weighted by atomic mass is 9.51. The van der Waals surface area contributed by atoms with Crippen molar-refractivity contribution in [3.63, 3.8) is 0 Å². The molecule has 94 valence electrons. The second-order valence-corrected chi connectivity index (χ2v) is 6.36. The van der Waals surface area contributed by atoms with Crippen LogP contribution in [0.15, 0.2) is 0 Å². The molecule has 4 fully saturated rings. The highest BCUT2D eigenvalue weighted by Gasteiger charge is 2.47. The number of rotatable bonds is 4. The van der Waals surface area contributed by atoms with Gasteiger partial charge in [0.2, 0.25) is 5.78 Å². The van der Waals surface area contributed by atoms with Crippen molar-refractivity contribution in [2.75, 3.05) is 0 Å². The molecule has 0 radical (unpaired) electrons. The highest BCUT2D eigenvalue weighted by molar-refractivity contribution is 6.32. The second-order valence-electron chi connectivity index (χ2n) is 6.36. The van der Waals surface area contributed by atoms with Crippen molar-refractivity contribution in [3.8, 4) is 0 Å². The summed E-state index contributed by atoms with van der Waals surface area (Å²) < 4.78 is 0. The number of carboxylic acid groups (broad SMARTS) is 1. The Kier molecular flexibility index (Phi) is 2.72. The predicted octanol–water partition coefficient (Wildman–Crippen LogP) is 2.49. The monoisotopic (exact) mass is 236 g/mol. The fourth-order valence-corrected chi connectivity index (χ4v) is 4.91. The summed E-state index contributed by atoms with van der Waals surface area (Å²) >= 11 is 0. The van der Waals surface area contributed by atoms with E-state index in [0.29, 0.717) is 5.92 Å². The Morgan fingerprint density at radius 3 is 1.94 bits per heavy atom. The van der Waals surface area contributed by atoms with Gasteiger partial charge in [0.1, 0.15) is 0 Å². The molecule has 4 aliphatic rings. The maximum absolute atomic E-state index is 11.2. The fourth-order valence-electron chi connectivity index (χ4n) is 4.91. The van der Waals surface area contributed by atoms with E-state index in [1.165, 1.54) is 32.1 Å². The van der Waals surface area contributed by atoms with Crippen LogP contribution < -0.4 is 0 Å². The zero-order valence-electron chi connectivity index (χ0n) is 10.1. The molecule has 4 aliphatic carbocycles. The smallest absolute Gasteiger partial charge is 0.372 e. The summed E-state index contributed by atoms with van der Waals surface area (Å²) in [5.41, 5.74) is 0. The quantitative estimate of drug-likeness (QED) is 0.763. The van der Waals surface area contributed by atoms with E-state index in [9.17, 15) is 9.59 Å². The Labute approximate surface area is 102 Å². The van der Waals surface area contributed by atoms with Gasteiger partial charge in [0.25, 0.3) is 0 Å². The molecule has 0 spiro atoms. The average molecular weight is 236 g/mol. The molecule has 17 heavy (non-hydrogen) atoms. The zero-order chi connectivity index (χ0) is 12.0. The van der Waals surface area contributed by atoms with E-state index in [4.69, 9.17) is 5.11 Å². The van der Waals surface area contributed by atoms with Crippen LogP contribution in [0.1, 0.15) is 44.9 Å². The van der Waals surface area contributed by atoms with E-state index < -0.39 is 11.8 Å². The van der Waals surface area contributed by atoms with Gasteiger partial charge in [-0.3, -0.25) is 4.79 Å². The van der Waals surface area contributed by atoms with Gasteiger partial charge in [-0.2, -0.15) is 0 Å². The Bertz CT molecular complexity index is 319. The summed E-state index contributed by atoms with van der Waals surface area (Å²) in [5, 5.41) is 8.61. The van der Waals surface area contributed by atoms with E-state index in [2.05, 4.69) is 0 Å². The third-order valence-corrected chi connectivity index (χ3v) is 5.37. The molecule has 0 atom stereocenters. The lowest BCUT2D eigenvalue weighted by Crippen LogP contribution is -2.45. The van der Waals surface area contributed by atoms with Gasteiger partial charge in [0.15, 0.2) is 0 Å².